The second-order valence-corrected chi connectivity index (χ2v) is 5.05. The number of nitrogens with zero attached hydrogens (tertiary/aromatic N) is 2. The van der Waals surface area contributed by atoms with Crippen molar-refractivity contribution in [3.05, 3.63) is 29.7 Å². The Hall–Kier alpha value is -2.17. The Morgan fingerprint density at radius 3 is 2.90 bits per heavy atom. The van der Waals surface area contributed by atoms with Crippen LogP contribution >= 0.6 is 0 Å². The fraction of sp³-hybridized carbons (Fsp3) is 0.400. The molecule has 1 atom stereocenters. The van der Waals surface area contributed by atoms with Crippen molar-refractivity contribution < 1.29 is 14.1 Å². The molecule has 1 aliphatic rings. The maximum atomic E-state index is 11.7. The van der Waals surface area contributed by atoms with Crippen LogP contribution < -0.4 is 4.74 Å². The Morgan fingerprint density at radius 1 is 1.40 bits per heavy atom. The quantitative estimate of drug-likeness (QED) is 0.859. The molecule has 3 rings (SSSR count). The van der Waals surface area contributed by atoms with Crippen molar-refractivity contribution in [2.75, 3.05) is 7.11 Å². The fourth-order valence-corrected chi connectivity index (χ4v) is 2.59. The third kappa shape index (κ3) is 2.19. The van der Waals surface area contributed by atoms with Crippen LogP contribution in [-0.4, -0.2) is 23.0 Å². The molecule has 104 valence electrons. The highest BCUT2D eigenvalue weighted by molar-refractivity contribution is 5.86. The Labute approximate surface area is 116 Å². The number of rotatable bonds is 3. The van der Waals surface area contributed by atoms with Gasteiger partial charge in [-0.25, -0.2) is 0 Å². The second-order valence-electron chi connectivity index (χ2n) is 5.05. The molecule has 5 nitrogen and oxygen atoms in total. The van der Waals surface area contributed by atoms with Gasteiger partial charge in [0.2, 0.25) is 11.7 Å². The normalized spacial score (nSPS) is 18.5. The summed E-state index contributed by atoms with van der Waals surface area (Å²) in [5.41, 5.74) is 1.87. The highest BCUT2D eigenvalue weighted by atomic mass is 16.5. The lowest BCUT2D eigenvalue weighted by atomic mass is 10.1. The summed E-state index contributed by atoms with van der Waals surface area (Å²) in [5, 5.41) is 3.98. The van der Waals surface area contributed by atoms with E-state index >= 15 is 0 Å². The number of carbonyl (C=O) groups excluding carboxylic acids is 1. The largest absolute Gasteiger partial charge is 0.496 e. The number of ketones is 1. The standard InChI is InChI=1S/C15H16N2O3/c1-9-8-10(6-7-13(9)19-2)14-16-15(20-17-14)11-4-3-5-12(11)18/h6-8,11H,3-5H2,1-2H3. The van der Waals surface area contributed by atoms with Crippen LogP contribution in [0.25, 0.3) is 11.4 Å². The van der Waals surface area contributed by atoms with Crippen molar-refractivity contribution in [2.24, 2.45) is 0 Å². The van der Waals surface area contributed by atoms with E-state index in [1.54, 1.807) is 7.11 Å². The van der Waals surface area contributed by atoms with E-state index in [0.29, 0.717) is 18.1 Å². The first-order valence-electron chi connectivity index (χ1n) is 6.70. The zero-order valence-corrected chi connectivity index (χ0v) is 11.5. The smallest absolute Gasteiger partial charge is 0.237 e. The number of benzene rings is 1. The molecule has 20 heavy (non-hydrogen) atoms. The predicted octanol–water partition coefficient (Wildman–Crippen LogP) is 2.89. The zero-order valence-electron chi connectivity index (χ0n) is 11.5. The van der Waals surface area contributed by atoms with E-state index in [9.17, 15) is 4.79 Å². The average Bonchev–Trinajstić information content (AvgIpc) is 3.07. The summed E-state index contributed by atoms with van der Waals surface area (Å²) in [7, 11) is 1.64. The summed E-state index contributed by atoms with van der Waals surface area (Å²) in [4.78, 5) is 16.1. The lowest BCUT2D eigenvalue weighted by Gasteiger charge is -2.04. The van der Waals surface area contributed by atoms with Gasteiger partial charge in [0.15, 0.2) is 0 Å². The molecule has 0 amide bonds. The van der Waals surface area contributed by atoms with Gasteiger partial charge in [-0.3, -0.25) is 4.79 Å². The first kappa shape index (κ1) is 12.8. The molecule has 0 saturated heterocycles. The predicted molar refractivity (Wildman–Crippen MR) is 72.6 cm³/mol. The molecular formula is C15H16N2O3. The van der Waals surface area contributed by atoms with E-state index in [4.69, 9.17) is 9.26 Å². The number of ether oxygens (including phenoxy) is 1. The first-order chi connectivity index (χ1) is 9.69. The number of hydrogen-bond donors (Lipinski definition) is 0. The van der Waals surface area contributed by atoms with Gasteiger partial charge in [-0.15, -0.1) is 0 Å². The van der Waals surface area contributed by atoms with E-state index in [0.717, 1.165) is 29.7 Å². The van der Waals surface area contributed by atoms with Gasteiger partial charge in [0.1, 0.15) is 11.5 Å². The van der Waals surface area contributed by atoms with Crippen LogP contribution in [0.2, 0.25) is 0 Å². The van der Waals surface area contributed by atoms with E-state index in [-0.39, 0.29) is 11.7 Å². The number of methoxy groups -OCH3 is 1. The van der Waals surface area contributed by atoms with Gasteiger partial charge in [-0.1, -0.05) is 5.16 Å². The fourth-order valence-electron chi connectivity index (χ4n) is 2.59. The van der Waals surface area contributed by atoms with Crippen molar-refractivity contribution in [1.82, 2.24) is 10.1 Å². The van der Waals surface area contributed by atoms with Gasteiger partial charge in [-0.2, -0.15) is 4.98 Å². The summed E-state index contributed by atoms with van der Waals surface area (Å²) in [5.74, 6) is 1.77. The van der Waals surface area contributed by atoms with E-state index in [1.165, 1.54) is 0 Å². The van der Waals surface area contributed by atoms with E-state index in [2.05, 4.69) is 10.1 Å². The summed E-state index contributed by atoms with van der Waals surface area (Å²) >= 11 is 0. The SMILES string of the molecule is COc1ccc(-c2noc(C3CCCC3=O)n2)cc1C. The molecule has 0 spiro atoms. The Morgan fingerprint density at radius 2 is 2.25 bits per heavy atom. The Bertz CT molecular complexity index is 648. The summed E-state index contributed by atoms with van der Waals surface area (Å²) in [6.45, 7) is 1.96. The molecule has 0 aliphatic heterocycles. The molecule has 2 aromatic rings. The molecule has 1 heterocycles. The molecule has 1 unspecified atom stereocenters. The van der Waals surface area contributed by atoms with E-state index < -0.39 is 0 Å². The molecule has 1 aliphatic carbocycles. The van der Waals surface area contributed by atoms with Crippen LogP contribution in [0.15, 0.2) is 22.7 Å². The molecule has 1 aromatic heterocycles. The third-order valence-corrected chi connectivity index (χ3v) is 3.70. The van der Waals surface area contributed by atoms with Crippen molar-refractivity contribution >= 4 is 5.78 Å². The number of carbonyl (C=O) groups is 1. The van der Waals surface area contributed by atoms with Crippen LogP contribution in [0.1, 0.15) is 36.6 Å². The third-order valence-electron chi connectivity index (χ3n) is 3.70. The molecule has 1 aromatic carbocycles. The molecule has 5 heteroatoms. The number of aromatic nitrogens is 2. The van der Waals surface area contributed by atoms with Gasteiger partial charge in [0, 0.05) is 12.0 Å². The van der Waals surface area contributed by atoms with Gasteiger partial charge >= 0.3 is 0 Å². The van der Waals surface area contributed by atoms with Gasteiger partial charge < -0.3 is 9.26 Å². The van der Waals surface area contributed by atoms with Gasteiger partial charge in [0.05, 0.1) is 13.0 Å². The molecule has 0 N–H and O–H groups in total. The lowest BCUT2D eigenvalue weighted by molar-refractivity contribution is -0.119. The molecular weight excluding hydrogens is 256 g/mol. The van der Waals surface area contributed by atoms with Gasteiger partial charge in [0.25, 0.3) is 0 Å². The Balaban J connectivity index is 1.90. The highest BCUT2D eigenvalue weighted by Gasteiger charge is 2.31. The number of hydrogen-bond acceptors (Lipinski definition) is 5. The maximum Gasteiger partial charge on any atom is 0.237 e. The molecule has 0 radical (unpaired) electrons. The molecule has 1 saturated carbocycles. The highest BCUT2D eigenvalue weighted by Crippen LogP contribution is 2.31. The van der Waals surface area contributed by atoms with Crippen LogP contribution in [0.5, 0.6) is 5.75 Å². The summed E-state index contributed by atoms with van der Waals surface area (Å²) in [6.07, 6.45) is 2.33. The van der Waals surface area contributed by atoms with Crippen molar-refractivity contribution in [3.8, 4) is 17.1 Å². The minimum absolute atomic E-state index is 0.200. The number of aryl methyl sites for hydroxylation is 1. The van der Waals surface area contributed by atoms with E-state index in [1.807, 2.05) is 25.1 Å². The number of Topliss-reactive ketones (excluding diaryl/α,β-unsaturated/α-hetero) is 1. The summed E-state index contributed by atoms with van der Waals surface area (Å²) < 4.78 is 10.5. The molecule has 0 bridgehead atoms. The average molecular weight is 272 g/mol. The monoisotopic (exact) mass is 272 g/mol. The van der Waals surface area contributed by atoms with Crippen LogP contribution in [-0.2, 0) is 4.79 Å². The topological polar surface area (TPSA) is 65.2 Å². The summed E-state index contributed by atoms with van der Waals surface area (Å²) in [6, 6.07) is 5.71. The van der Waals surface area contributed by atoms with Crippen LogP contribution in [0.4, 0.5) is 0 Å². The van der Waals surface area contributed by atoms with Crippen molar-refractivity contribution in [1.29, 1.82) is 0 Å². The Kier molecular flexibility index (Phi) is 3.26. The van der Waals surface area contributed by atoms with Crippen LogP contribution in [0.3, 0.4) is 0 Å². The lowest BCUT2D eigenvalue weighted by Crippen LogP contribution is -2.04. The molecule has 1 fully saturated rings. The van der Waals surface area contributed by atoms with Gasteiger partial charge in [-0.05, 0) is 43.5 Å². The first-order valence-corrected chi connectivity index (χ1v) is 6.70. The van der Waals surface area contributed by atoms with Crippen LogP contribution in [0, 0.1) is 6.92 Å². The second kappa shape index (κ2) is 5.07. The van der Waals surface area contributed by atoms with Crippen molar-refractivity contribution in [3.63, 3.8) is 0 Å². The minimum Gasteiger partial charge on any atom is -0.496 e. The minimum atomic E-state index is -0.212. The van der Waals surface area contributed by atoms with Crippen molar-refractivity contribution in [2.45, 2.75) is 32.1 Å². The maximum absolute atomic E-state index is 11.7. The zero-order chi connectivity index (χ0) is 14.1.